The first-order chi connectivity index (χ1) is 10.2. The molecule has 1 aliphatic heterocycles. The highest BCUT2D eigenvalue weighted by atomic mass is 19.1. The summed E-state index contributed by atoms with van der Waals surface area (Å²) < 4.78 is 13.3. The summed E-state index contributed by atoms with van der Waals surface area (Å²) in [7, 11) is 0. The average molecular weight is 287 g/mol. The van der Waals surface area contributed by atoms with Crippen molar-refractivity contribution in [2.45, 2.75) is 38.5 Å². The molecule has 0 unspecified atom stereocenters. The fourth-order valence-electron chi connectivity index (χ4n) is 4.07. The van der Waals surface area contributed by atoms with E-state index in [1.165, 1.54) is 25.5 Å². The van der Waals surface area contributed by atoms with Gasteiger partial charge in [0.15, 0.2) is 5.78 Å². The number of piperidine rings is 1. The number of rotatable bonds is 2. The Kier molecular flexibility index (Phi) is 3.14. The van der Waals surface area contributed by atoms with Gasteiger partial charge in [-0.1, -0.05) is 0 Å². The molecule has 21 heavy (non-hydrogen) atoms. The average Bonchev–Trinajstić information content (AvgIpc) is 3.30. The first-order valence-electron chi connectivity index (χ1n) is 8.22. The Balaban J connectivity index is 1.51. The molecule has 2 fully saturated rings. The summed E-state index contributed by atoms with van der Waals surface area (Å²) in [6.07, 6.45) is 6.49. The van der Waals surface area contributed by atoms with E-state index in [-0.39, 0.29) is 17.0 Å². The van der Waals surface area contributed by atoms with Gasteiger partial charge in [-0.25, -0.2) is 4.39 Å². The van der Waals surface area contributed by atoms with Crippen LogP contribution in [-0.4, -0.2) is 30.3 Å². The van der Waals surface area contributed by atoms with Crippen LogP contribution in [0.4, 0.5) is 4.39 Å². The number of ketones is 1. The minimum absolute atomic E-state index is 0.162. The summed E-state index contributed by atoms with van der Waals surface area (Å²) in [5.41, 5.74) is 1.52. The maximum atomic E-state index is 13.3. The number of benzene rings is 1. The van der Waals surface area contributed by atoms with Gasteiger partial charge in [0.25, 0.3) is 0 Å². The fourth-order valence-corrected chi connectivity index (χ4v) is 4.07. The summed E-state index contributed by atoms with van der Waals surface area (Å²) in [5.74, 6) is 0.969. The quantitative estimate of drug-likeness (QED) is 0.830. The van der Waals surface area contributed by atoms with Gasteiger partial charge >= 0.3 is 0 Å². The van der Waals surface area contributed by atoms with Gasteiger partial charge in [-0.05, 0) is 81.3 Å². The van der Waals surface area contributed by atoms with Gasteiger partial charge in [0.05, 0.1) is 0 Å². The summed E-state index contributed by atoms with van der Waals surface area (Å²) in [6.45, 7) is 3.34. The number of Topliss-reactive ketones (excluding diaryl/α,β-unsaturated/α-hetero) is 1. The predicted octanol–water partition coefficient (Wildman–Crippen LogP) is 3.45. The second-order valence-electron chi connectivity index (χ2n) is 7.15. The highest BCUT2D eigenvalue weighted by molar-refractivity contribution is 6.02. The standard InChI is InChI=1S/C18H22FNO/c19-15-3-4-16-14(11-15)5-6-18(17(16)21)7-9-20(10-8-18)12-13-1-2-13/h3-4,11,13H,1-2,5-10,12H2. The van der Waals surface area contributed by atoms with E-state index in [0.29, 0.717) is 0 Å². The summed E-state index contributed by atoms with van der Waals surface area (Å²) in [6, 6.07) is 4.67. The lowest BCUT2D eigenvalue weighted by atomic mass is 9.65. The summed E-state index contributed by atoms with van der Waals surface area (Å²) >= 11 is 0. The molecule has 0 radical (unpaired) electrons. The third-order valence-corrected chi connectivity index (χ3v) is 5.69. The molecule has 1 spiro atoms. The van der Waals surface area contributed by atoms with Crippen LogP contribution in [0.2, 0.25) is 0 Å². The predicted molar refractivity (Wildman–Crippen MR) is 79.9 cm³/mol. The number of hydrogen-bond donors (Lipinski definition) is 0. The molecule has 1 saturated heterocycles. The van der Waals surface area contributed by atoms with Gasteiger partial charge in [-0.15, -0.1) is 0 Å². The maximum Gasteiger partial charge on any atom is 0.169 e. The van der Waals surface area contributed by atoms with Crippen LogP contribution in [0.5, 0.6) is 0 Å². The van der Waals surface area contributed by atoms with Gasteiger partial charge < -0.3 is 4.90 Å². The Morgan fingerprint density at radius 2 is 1.95 bits per heavy atom. The molecule has 0 amide bonds. The molecule has 2 nitrogen and oxygen atoms in total. The number of hydrogen-bond acceptors (Lipinski definition) is 2. The zero-order chi connectivity index (χ0) is 14.4. The number of halogens is 1. The molecule has 0 atom stereocenters. The van der Waals surface area contributed by atoms with Crippen LogP contribution in [-0.2, 0) is 6.42 Å². The highest BCUT2D eigenvalue weighted by Crippen LogP contribution is 2.44. The molecular formula is C18H22FNO. The van der Waals surface area contributed by atoms with Gasteiger partial charge in [0, 0.05) is 17.5 Å². The van der Waals surface area contributed by atoms with Crippen LogP contribution in [0.3, 0.4) is 0 Å². The number of aryl methyl sites for hydroxylation is 1. The minimum atomic E-state index is -0.225. The van der Waals surface area contributed by atoms with E-state index in [1.54, 1.807) is 12.1 Å². The Morgan fingerprint density at radius 1 is 1.19 bits per heavy atom. The van der Waals surface area contributed by atoms with E-state index >= 15 is 0 Å². The molecule has 1 aromatic rings. The topological polar surface area (TPSA) is 20.3 Å². The smallest absolute Gasteiger partial charge is 0.169 e. The summed E-state index contributed by atoms with van der Waals surface area (Å²) in [4.78, 5) is 15.4. The van der Waals surface area contributed by atoms with E-state index in [4.69, 9.17) is 0 Å². The minimum Gasteiger partial charge on any atom is -0.303 e. The zero-order valence-corrected chi connectivity index (χ0v) is 12.4. The SMILES string of the molecule is O=C1c2ccc(F)cc2CCC12CCN(CC1CC1)CC2. The Morgan fingerprint density at radius 3 is 2.67 bits per heavy atom. The number of carbonyl (C=O) groups is 1. The molecule has 0 N–H and O–H groups in total. The van der Waals surface area contributed by atoms with Crippen molar-refractivity contribution >= 4 is 5.78 Å². The van der Waals surface area contributed by atoms with Crippen molar-refractivity contribution < 1.29 is 9.18 Å². The van der Waals surface area contributed by atoms with Crippen molar-refractivity contribution in [3.8, 4) is 0 Å². The van der Waals surface area contributed by atoms with Gasteiger partial charge in [-0.2, -0.15) is 0 Å². The molecule has 3 aliphatic rings. The lowest BCUT2D eigenvalue weighted by Gasteiger charge is -2.43. The normalized spacial score (nSPS) is 25.1. The zero-order valence-electron chi connectivity index (χ0n) is 12.4. The van der Waals surface area contributed by atoms with Crippen LogP contribution < -0.4 is 0 Å². The van der Waals surface area contributed by atoms with E-state index in [9.17, 15) is 9.18 Å². The largest absolute Gasteiger partial charge is 0.303 e. The fraction of sp³-hybridized carbons (Fsp3) is 0.611. The molecule has 2 aliphatic carbocycles. The van der Waals surface area contributed by atoms with Crippen molar-refractivity contribution in [1.82, 2.24) is 4.90 Å². The second-order valence-corrected chi connectivity index (χ2v) is 7.15. The Bertz CT molecular complexity index is 571. The first-order valence-corrected chi connectivity index (χ1v) is 8.22. The molecule has 1 aromatic carbocycles. The Hall–Kier alpha value is -1.22. The molecule has 4 rings (SSSR count). The molecule has 1 saturated carbocycles. The molecule has 1 heterocycles. The van der Waals surface area contributed by atoms with Gasteiger partial charge in [-0.3, -0.25) is 4.79 Å². The third-order valence-electron chi connectivity index (χ3n) is 5.69. The van der Waals surface area contributed by atoms with Crippen LogP contribution in [0, 0.1) is 17.2 Å². The Labute approximate surface area is 125 Å². The van der Waals surface area contributed by atoms with Crippen molar-refractivity contribution in [1.29, 1.82) is 0 Å². The van der Waals surface area contributed by atoms with Crippen molar-refractivity contribution in [3.63, 3.8) is 0 Å². The van der Waals surface area contributed by atoms with E-state index in [2.05, 4.69) is 4.90 Å². The van der Waals surface area contributed by atoms with Gasteiger partial charge in [0.2, 0.25) is 0 Å². The lowest BCUT2D eigenvalue weighted by Crippen LogP contribution is -2.46. The van der Waals surface area contributed by atoms with E-state index in [0.717, 1.165) is 55.8 Å². The maximum absolute atomic E-state index is 13.3. The number of nitrogens with zero attached hydrogens (tertiary/aromatic N) is 1. The number of fused-ring (bicyclic) bond motifs is 1. The molecule has 0 bridgehead atoms. The third kappa shape index (κ3) is 2.42. The molecule has 3 heteroatoms. The number of carbonyl (C=O) groups excluding carboxylic acids is 1. The van der Waals surface area contributed by atoms with Crippen molar-refractivity contribution in [3.05, 3.63) is 35.1 Å². The second kappa shape index (κ2) is 4.91. The monoisotopic (exact) mass is 287 g/mol. The summed E-state index contributed by atoms with van der Waals surface area (Å²) in [5, 5.41) is 0. The number of likely N-dealkylation sites (tertiary alicyclic amines) is 1. The molecule has 0 aromatic heterocycles. The van der Waals surface area contributed by atoms with Crippen molar-refractivity contribution in [2.24, 2.45) is 11.3 Å². The lowest BCUT2D eigenvalue weighted by molar-refractivity contribution is 0.0534. The van der Waals surface area contributed by atoms with Crippen molar-refractivity contribution in [2.75, 3.05) is 19.6 Å². The van der Waals surface area contributed by atoms with Crippen LogP contribution >= 0.6 is 0 Å². The van der Waals surface area contributed by atoms with Crippen LogP contribution in [0.1, 0.15) is 48.0 Å². The highest BCUT2D eigenvalue weighted by Gasteiger charge is 2.44. The van der Waals surface area contributed by atoms with Crippen LogP contribution in [0.15, 0.2) is 18.2 Å². The molecular weight excluding hydrogens is 265 g/mol. The van der Waals surface area contributed by atoms with Gasteiger partial charge in [0.1, 0.15) is 5.82 Å². The van der Waals surface area contributed by atoms with E-state index in [1.807, 2.05) is 0 Å². The molecule has 112 valence electrons. The van der Waals surface area contributed by atoms with E-state index < -0.39 is 0 Å². The first kappa shape index (κ1) is 13.4. The van der Waals surface area contributed by atoms with Crippen LogP contribution in [0.25, 0.3) is 0 Å².